The van der Waals surface area contributed by atoms with Gasteiger partial charge in [-0.2, -0.15) is 0 Å². The third kappa shape index (κ3) is 38.4. The SMILES string of the molecule is CCCC/C=C\CCCCCCCC(=O)NC(CO)C(O)CCCCCCCCCCCCCCCCCCCCCCCCCCCCC. The fraction of sp³-hybridized carbons (Fsp3) is 0.935. The fourth-order valence-electron chi connectivity index (χ4n) is 7.23. The average Bonchev–Trinajstić information content (AvgIpc) is 3.12. The molecule has 50 heavy (non-hydrogen) atoms. The molecule has 298 valence electrons. The predicted octanol–water partition coefficient (Wildman–Crippen LogP) is 14.2. The van der Waals surface area contributed by atoms with Crippen LogP contribution >= 0.6 is 0 Å². The van der Waals surface area contributed by atoms with Crippen molar-refractivity contribution < 1.29 is 15.0 Å². The summed E-state index contributed by atoms with van der Waals surface area (Å²) in [6.45, 7) is 4.33. The Morgan fingerprint density at radius 3 is 1.16 bits per heavy atom. The molecule has 0 aromatic carbocycles. The molecule has 0 aliphatic carbocycles. The van der Waals surface area contributed by atoms with Gasteiger partial charge in [0.1, 0.15) is 0 Å². The number of nitrogens with one attached hydrogen (secondary N) is 1. The van der Waals surface area contributed by atoms with Crippen LogP contribution in [0, 0.1) is 0 Å². The monoisotopic (exact) mass is 706 g/mol. The molecule has 2 atom stereocenters. The molecule has 0 saturated heterocycles. The predicted molar refractivity (Wildman–Crippen MR) is 221 cm³/mol. The van der Waals surface area contributed by atoms with Gasteiger partial charge in [-0.15, -0.1) is 0 Å². The van der Waals surface area contributed by atoms with E-state index < -0.39 is 12.1 Å². The minimum absolute atomic E-state index is 0.0397. The van der Waals surface area contributed by atoms with Crippen molar-refractivity contribution in [2.75, 3.05) is 6.61 Å². The third-order valence-corrected chi connectivity index (χ3v) is 10.8. The lowest BCUT2D eigenvalue weighted by molar-refractivity contribution is -0.123. The molecule has 0 spiro atoms. The van der Waals surface area contributed by atoms with Gasteiger partial charge in [0, 0.05) is 6.42 Å². The Balaban J connectivity index is 3.40. The average molecular weight is 706 g/mol. The van der Waals surface area contributed by atoms with Crippen molar-refractivity contribution in [1.29, 1.82) is 0 Å². The van der Waals surface area contributed by atoms with E-state index in [2.05, 4.69) is 31.3 Å². The molecule has 0 aromatic heterocycles. The maximum absolute atomic E-state index is 12.3. The molecule has 2 unspecified atom stereocenters. The van der Waals surface area contributed by atoms with Gasteiger partial charge in [0.25, 0.3) is 0 Å². The molecule has 3 N–H and O–H groups in total. The van der Waals surface area contributed by atoms with Gasteiger partial charge in [-0.3, -0.25) is 4.79 Å². The van der Waals surface area contributed by atoms with E-state index in [1.54, 1.807) is 0 Å². The number of rotatable bonds is 42. The van der Waals surface area contributed by atoms with E-state index in [0.29, 0.717) is 12.8 Å². The summed E-state index contributed by atoms with van der Waals surface area (Å²) in [7, 11) is 0. The summed E-state index contributed by atoms with van der Waals surface area (Å²) in [5.41, 5.74) is 0. The van der Waals surface area contributed by atoms with Gasteiger partial charge >= 0.3 is 0 Å². The minimum Gasteiger partial charge on any atom is -0.394 e. The molecule has 0 aliphatic rings. The second-order valence-corrected chi connectivity index (χ2v) is 15.8. The molecule has 0 saturated carbocycles. The summed E-state index contributed by atoms with van der Waals surface area (Å²) in [5.74, 6) is -0.0397. The number of aliphatic hydroxyl groups excluding tert-OH is 2. The Hall–Kier alpha value is -0.870. The van der Waals surface area contributed by atoms with E-state index in [1.165, 1.54) is 205 Å². The third-order valence-electron chi connectivity index (χ3n) is 10.8. The van der Waals surface area contributed by atoms with Crippen molar-refractivity contribution in [2.45, 2.75) is 270 Å². The van der Waals surface area contributed by atoms with Crippen molar-refractivity contribution in [2.24, 2.45) is 0 Å². The van der Waals surface area contributed by atoms with Gasteiger partial charge in [-0.05, 0) is 32.1 Å². The van der Waals surface area contributed by atoms with Gasteiger partial charge in [0.15, 0.2) is 0 Å². The van der Waals surface area contributed by atoms with Crippen LogP contribution in [0.25, 0.3) is 0 Å². The van der Waals surface area contributed by atoms with E-state index in [9.17, 15) is 15.0 Å². The highest BCUT2D eigenvalue weighted by Crippen LogP contribution is 2.17. The van der Waals surface area contributed by atoms with Gasteiger partial charge in [0.05, 0.1) is 18.8 Å². The lowest BCUT2D eigenvalue weighted by Gasteiger charge is -2.22. The summed E-state index contributed by atoms with van der Waals surface area (Å²) in [4.78, 5) is 12.3. The first-order chi connectivity index (χ1) is 24.7. The number of allylic oxidation sites excluding steroid dienone is 2. The van der Waals surface area contributed by atoms with Crippen molar-refractivity contribution in [3.63, 3.8) is 0 Å². The van der Waals surface area contributed by atoms with E-state index >= 15 is 0 Å². The Bertz CT molecular complexity index is 680. The number of amides is 1. The number of unbranched alkanes of at least 4 members (excludes halogenated alkanes) is 33. The highest BCUT2D eigenvalue weighted by Gasteiger charge is 2.20. The van der Waals surface area contributed by atoms with Crippen LogP contribution in [0.15, 0.2) is 12.2 Å². The molecule has 4 heteroatoms. The standard InChI is InChI=1S/C46H91NO3/c1-3-5-7-9-11-13-15-16-17-18-19-20-21-22-23-24-25-26-27-28-29-30-32-33-35-37-39-41-45(49)44(43-48)47-46(50)42-40-38-36-34-31-14-12-10-8-6-4-2/h10,12,44-45,48-49H,3-9,11,13-43H2,1-2H3,(H,47,50)/b12-10-. The Morgan fingerprint density at radius 2 is 0.780 bits per heavy atom. The summed E-state index contributed by atoms with van der Waals surface area (Å²) in [6, 6.07) is -0.536. The molecule has 0 aliphatic heterocycles. The Labute approximate surface area is 314 Å². The lowest BCUT2D eigenvalue weighted by Crippen LogP contribution is -2.45. The number of carbonyl (C=O) groups is 1. The smallest absolute Gasteiger partial charge is 0.220 e. The van der Waals surface area contributed by atoms with Crippen LogP contribution in [-0.2, 0) is 4.79 Å². The summed E-state index contributed by atoms with van der Waals surface area (Å²) >= 11 is 0. The highest BCUT2D eigenvalue weighted by molar-refractivity contribution is 5.76. The fourth-order valence-corrected chi connectivity index (χ4v) is 7.23. The van der Waals surface area contributed by atoms with Gasteiger partial charge in [0.2, 0.25) is 5.91 Å². The largest absolute Gasteiger partial charge is 0.394 e. The van der Waals surface area contributed by atoms with Crippen molar-refractivity contribution >= 4 is 5.91 Å². The normalized spacial score (nSPS) is 13.0. The van der Waals surface area contributed by atoms with E-state index in [1.807, 2.05) is 0 Å². The molecular weight excluding hydrogens is 615 g/mol. The number of aliphatic hydroxyl groups is 2. The molecule has 0 radical (unpaired) electrons. The van der Waals surface area contributed by atoms with E-state index in [4.69, 9.17) is 0 Å². The number of hydrogen-bond acceptors (Lipinski definition) is 3. The zero-order chi connectivity index (χ0) is 36.4. The zero-order valence-corrected chi connectivity index (χ0v) is 34.2. The molecule has 0 rings (SSSR count). The van der Waals surface area contributed by atoms with Crippen LogP contribution in [0.1, 0.15) is 258 Å². The van der Waals surface area contributed by atoms with Crippen LogP contribution in [-0.4, -0.2) is 34.9 Å². The van der Waals surface area contributed by atoms with Gasteiger partial charge < -0.3 is 15.5 Å². The molecular formula is C46H91NO3. The number of hydrogen-bond donors (Lipinski definition) is 3. The first-order valence-electron chi connectivity index (χ1n) is 22.9. The van der Waals surface area contributed by atoms with Crippen LogP contribution in [0.3, 0.4) is 0 Å². The van der Waals surface area contributed by atoms with Gasteiger partial charge in [-0.25, -0.2) is 0 Å². The maximum atomic E-state index is 12.3. The second-order valence-electron chi connectivity index (χ2n) is 15.8. The van der Waals surface area contributed by atoms with Crippen molar-refractivity contribution in [1.82, 2.24) is 5.32 Å². The number of carbonyl (C=O) groups excluding carboxylic acids is 1. The zero-order valence-electron chi connectivity index (χ0n) is 34.2. The van der Waals surface area contributed by atoms with Crippen LogP contribution in [0.2, 0.25) is 0 Å². The highest BCUT2D eigenvalue weighted by atomic mass is 16.3. The molecule has 0 aromatic rings. The van der Waals surface area contributed by atoms with E-state index in [-0.39, 0.29) is 12.5 Å². The van der Waals surface area contributed by atoms with Crippen molar-refractivity contribution in [3.05, 3.63) is 12.2 Å². The summed E-state index contributed by atoms with van der Waals surface area (Å²) in [5, 5.41) is 23.1. The molecule has 0 heterocycles. The minimum atomic E-state index is -0.659. The maximum Gasteiger partial charge on any atom is 0.220 e. The molecule has 1 amide bonds. The Morgan fingerprint density at radius 1 is 0.460 bits per heavy atom. The lowest BCUT2D eigenvalue weighted by atomic mass is 10.0. The molecule has 0 bridgehead atoms. The molecule has 4 nitrogen and oxygen atoms in total. The first kappa shape index (κ1) is 49.1. The van der Waals surface area contributed by atoms with Crippen molar-refractivity contribution in [3.8, 4) is 0 Å². The Kier molecular flexibility index (Phi) is 41.8. The van der Waals surface area contributed by atoms with Gasteiger partial charge in [-0.1, -0.05) is 231 Å². The summed E-state index contributed by atoms with van der Waals surface area (Å²) in [6.07, 6.45) is 53.1. The topological polar surface area (TPSA) is 69.6 Å². The van der Waals surface area contributed by atoms with Crippen LogP contribution in [0.5, 0.6) is 0 Å². The molecule has 0 fully saturated rings. The summed E-state index contributed by atoms with van der Waals surface area (Å²) < 4.78 is 0. The van der Waals surface area contributed by atoms with Crippen LogP contribution in [0.4, 0.5) is 0 Å². The quantitative estimate of drug-likeness (QED) is 0.0437. The van der Waals surface area contributed by atoms with E-state index in [0.717, 1.165) is 25.7 Å². The van der Waals surface area contributed by atoms with Crippen LogP contribution < -0.4 is 5.32 Å². The first-order valence-corrected chi connectivity index (χ1v) is 22.9. The second kappa shape index (κ2) is 42.5.